The minimum atomic E-state index is -0.287. The van der Waals surface area contributed by atoms with E-state index in [0.717, 1.165) is 0 Å². The van der Waals surface area contributed by atoms with Gasteiger partial charge in [0.15, 0.2) is 0 Å². The summed E-state index contributed by atoms with van der Waals surface area (Å²) in [6.07, 6.45) is 5.03. The maximum atomic E-state index is 11.1. The lowest BCUT2D eigenvalue weighted by Gasteiger charge is -2.05. The van der Waals surface area contributed by atoms with E-state index < -0.39 is 0 Å². The second-order valence-electron chi connectivity index (χ2n) is 2.64. The summed E-state index contributed by atoms with van der Waals surface area (Å²) in [6.45, 7) is 0. The van der Waals surface area contributed by atoms with Crippen molar-refractivity contribution in [2.45, 2.75) is 0 Å². The van der Waals surface area contributed by atoms with Gasteiger partial charge in [0.05, 0.1) is 5.69 Å². The molecule has 0 spiro atoms. The average molecular weight is 198 g/mol. The van der Waals surface area contributed by atoms with Crippen molar-refractivity contribution in [3.05, 3.63) is 29.8 Å². The highest BCUT2D eigenvalue weighted by atomic mass is 16.2. The number of para-hydroxylation sites is 1. The fraction of sp³-hybridized carbons (Fsp3) is 0.0833. The van der Waals surface area contributed by atoms with E-state index >= 15 is 0 Å². The van der Waals surface area contributed by atoms with Crippen LogP contribution in [0.5, 0.6) is 0 Å². The Balaban J connectivity index is 2.97. The zero-order chi connectivity index (χ0) is 11.1. The third-order valence-corrected chi connectivity index (χ3v) is 1.67. The van der Waals surface area contributed by atoms with E-state index in [2.05, 4.69) is 28.4 Å². The standard InChI is InChI=1S/C12H10N2O/c1-3-4-7-10-8-5-6-9-11(10)14-12(15)13-2/h1,5-6,8-9H,2H3,(H2,13,14,15). The van der Waals surface area contributed by atoms with Gasteiger partial charge in [-0.05, 0) is 24.0 Å². The van der Waals surface area contributed by atoms with Gasteiger partial charge in [0.25, 0.3) is 0 Å². The second kappa shape index (κ2) is 5.36. The van der Waals surface area contributed by atoms with Crippen molar-refractivity contribution in [2.24, 2.45) is 0 Å². The molecule has 0 aliphatic heterocycles. The lowest BCUT2D eigenvalue weighted by molar-refractivity contribution is 0.254. The van der Waals surface area contributed by atoms with Crippen molar-refractivity contribution in [3.63, 3.8) is 0 Å². The molecule has 0 atom stereocenters. The molecule has 1 aromatic rings. The summed E-state index contributed by atoms with van der Waals surface area (Å²) in [7, 11) is 1.55. The first-order valence-corrected chi connectivity index (χ1v) is 4.32. The van der Waals surface area contributed by atoms with Gasteiger partial charge in [-0.2, -0.15) is 0 Å². The SMILES string of the molecule is C#CC#Cc1ccccc1NC(=O)NC. The van der Waals surface area contributed by atoms with Crippen LogP contribution in [0.3, 0.4) is 0 Å². The number of benzene rings is 1. The summed E-state index contributed by atoms with van der Waals surface area (Å²) < 4.78 is 0. The quantitative estimate of drug-likeness (QED) is 0.658. The van der Waals surface area contributed by atoms with Crippen molar-refractivity contribution in [2.75, 3.05) is 12.4 Å². The molecule has 3 nitrogen and oxygen atoms in total. The number of carbonyl (C=O) groups excluding carboxylic acids is 1. The van der Waals surface area contributed by atoms with Crippen molar-refractivity contribution >= 4 is 11.7 Å². The lowest BCUT2D eigenvalue weighted by Crippen LogP contribution is -2.24. The van der Waals surface area contributed by atoms with Gasteiger partial charge < -0.3 is 10.6 Å². The van der Waals surface area contributed by atoms with Crippen LogP contribution in [0.25, 0.3) is 0 Å². The number of anilines is 1. The average Bonchev–Trinajstić information content (AvgIpc) is 2.28. The molecule has 74 valence electrons. The number of carbonyl (C=O) groups is 1. The molecule has 1 aromatic carbocycles. The number of urea groups is 1. The Hall–Kier alpha value is -2.39. The number of rotatable bonds is 1. The molecule has 0 heterocycles. The molecule has 15 heavy (non-hydrogen) atoms. The maximum Gasteiger partial charge on any atom is 0.319 e. The Morgan fingerprint density at radius 1 is 1.40 bits per heavy atom. The minimum absolute atomic E-state index is 0.287. The number of amides is 2. The number of nitrogens with one attached hydrogen (secondary N) is 2. The summed E-state index contributed by atoms with van der Waals surface area (Å²) >= 11 is 0. The van der Waals surface area contributed by atoms with Gasteiger partial charge in [0.1, 0.15) is 0 Å². The molecule has 0 unspecified atom stereocenters. The molecule has 1 rings (SSSR count). The first-order chi connectivity index (χ1) is 7.27. The van der Waals surface area contributed by atoms with Gasteiger partial charge in [0, 0.05) is 12.6 Å². The van der Waals surface area contributed by atoms with E-state index in [1.807, 2.05) is 12.1 Å². The van der Waals surface area contributed by atoms with Crippen LogP contribution in [-0.2, 0) is 0 Å². The van der Waals surface area contributed by atoms with Crippen LogP contribution in [0.15, 0.2) is 24.3 Å². The second-order valence-corrected chi connectivity index (χ2v) is 2.64. The highest BCUT2D eigenvalue weighted by Crippen LogP contribution is 2.12. The van der Waals surface area contributed by atoms with Gasteiger partial charge in [-0.15, -0.1) is 6.42 Å². The molecule has 0 aromatic heterocycles. The van der Waals surface area contributed by atoms with Crippen molar-refractivity contribution < 1.29 is 4.79 Å². The molecule has 0 bridgehead atoms. The molecular formula is C12H10N2O. The highest BCUT2D eigenvalue weighted by molar-refractivity contribution is 5.90. The van der Waals surface area contributed by atoms with Crippen LogP contribution in [0.1, 0.15) is 5.56 Å². The lowest BCUT2D eigenvalue weighted by atomic mass is 10.2. The van der Waals surface area contributed by atoms with Gasteiger partial charge in [0.2, 0.25) is 0 Å². The Labute approximate surface area is 88.9 Å². The molecule has 2 amide bonds. The summed E-state index contributed by atoms with van der Waals surface area (Å²) in [5.74, 6) is 7.49. The van der Waals surface area contributed by atoms with Crippen LogP contribution < -0.4 is 10.6 Å². The molecule has 0 radical (unpaired) electrons. The Morgan fingerprint density at radius 2 is 2.13 bits per heavy atom. The first-order valence-electron chi connectivity index (χ1n) is 4.32. The van der Waals surface area contributed by atoms with Crippen molar-refractivity contribution in [1.29, 1.82) is 0 Å². The maximum absolute atomic E-state index is 11.1. The molecule has 0 aliphatic carbocycles. The topological polar surface area (TPSA) is 41.1 Å². The fourth-order valence-corrected chi connectivity index (χ4v) is 0.989. The van der Waals surface area contributed by atoms with E-state index in [-0.39, 0.29) is 6.03 Å². The largest absolute Gasteiger partial charge is 0.341 e. The third-order valence-electron chi connectivity index (χ3n) is 1.67. The van der Waals surface area contributed by atoms with E-state index in [1.165, 1.54) is 0 Å². The van der Waals surface area contributed by atoms with Gasteiger partial charge in [-0.25, -0.2) is 4.79 Å². The molecule has 0 fully saturated rings. The van der Waals surface area contributed by atoms with Crippen LogP contribution in [-0.4, -0.2) is 13.1 Å². The van der Waals surface area contributed by atoms with Gasteiger partial charge in [-0.3, -0.25) is 0 Å². The van der Waals surface area contributed by atoms with E-state index in [4.69, 9.17) is 6.42 Å². The van der Waals surface area contributed by atoms with Crippen LogP contribution >= 0.6 is 0 Å². The molecule has 0 saturated carbocycles. The summed E-state index contributed by atoms with van der Waals surface area (Å²) in [5, 5.41) is 5.11. The van der Waals surface area contributed by atoms with Crippen LogP contribution in [0.4, 0.5) is 10.5 Å². The normalized spacial score (nSPS) is 8.00. The van der Waals surface area contributed by atoms with E-state index in [0.29, 0.717) is 11.3 Å². The minimum Gasteiger partial charge on any atom is -0.341 e. The van der Waals surface area contributed by atoms with Crippen LogP contribution in [0.2, 0.25) is 0 Å². The number of hydrogen-bond acceptors (Lipinski definition) is 1. The summed E-state index contributed by atoms with van der Waals surface area (Å²) in [5.41, 5.74) is 1.33. The molecule has 0 saturated heterocycles. The monoisotopic (exact) mass is 198 g/mol. The highest BCUT2D eigenvalue weighted by Gasteiger charge is 2.01. The Kier molecular flexibility index (Phi) is 3.82. The summed E-state index contributed by atoms with van der Waals surface area (Å²) in [4.78, 5) is 11.1. The van der Waals surface area contributed by atoms with Gasteiger partial charge >= 0.3 is 6.03 Å². The smallest absolute Gasteiger partial charge is 0.319 e. The van der Waals surface area contributed by atoms with Crippen molar-refractivity contribution in [1.82, 2.24) is 5.32 Å². The number of terminal acetylenes is 1. The Morgan fingerprint density at radius 3 is 2.80 bits per heavy atom. The van der Waals surface area contributed by atoms with Crippen LogP contribution in [0, 0.1) is 24.2 Å². The van der Waals surface area contributed by atoms with Gasteiger partial charge in [-0.1, -0.05) is 18.1 Å². The zero-order valence-corrected chi connectivity index (χ0v) is 8.29. The molecule has 2 N–H and O–H groups in total. The molecular weight excluding hydrogens is 188 g/mol. The fourth-order valence-electron chi connectivity index (χ4n) is 0.989. The Bertz CT molecular complexity index is 460. The predicted octanol–water partition coefficient (Wildman–Crippen LogP) is 1.42. The first kappa shape index (κ1) is 10.7. The zero-order valence-electron chi connectivity index (χ0n) is 8.29. The number of hydrogen-bond donors (Lipinski definition) is 2. The van der Waals surface area contributed by atoms with E-state index in [9.17, 15) is 4.79 Å². The summed E-state index contributed by atoms with van der Waals surface area (Å²) in [6, 6.07) is 6.90. The van der Waals surface area contributed by atoms with Crippen molar-refractivity contribution in [3.8, 4) is 24.2 Å². The third kappa shape index (κ3) is 3.10. The molecule has 0 aliphatic rings. The van der Waals surface area contributed by atoms with E-state index in [1.54, 1.807) is 19.2 Å². The molecule has 3 heteroatoms. The predicted molar refractivity (Wildman–Crippen MR) is 60.2 cm³/mol.